The molecule has 0 aliphatic carbocycles. The second kappa shape index (κ2) is 4.42. The molecule has 0 spiro atoms. The Bertz CT molecular complexity index is 252. The molecule has 3 heteroatoms. The molecule has 0 aliphatic heterocycles. The first-order valence-corrected chi connectivity index (χ1v) is 4.87. The van der Waals surface area contributed by atoms with E-state index in [1.807, 2.05) is 10.9 Å². The van der Waals surface area contributed by atoms with Crippen LogP contribution >= 0.6 is 0 Å². The van der Waals surface area contributed by atoms with E-state index in [-0.39, 0.29) is 0 Å². The maximum absolute atomic E-state index is 5.55. The van der Waals surface area contributed by atoms with Crippen LogP contribution in [0.5, 0.6) is 0 Å². The van der Waals surface area contributed by atoms with Gasteiger partial charge in [-0.2, -0.15) is 5.10 Å². The van der Waals surface area contributed by atoms with Crippen molar-refractivity contribution < 1.29 is 0 Å². The summed E-state index contributed by atoms with van der Waals surface area (Å²) in [4.78, 5) is 0. The van der Waals surface area contributed by atoms with Gasteiger partial charge in [-0.1, -0.05) is 6.92 Å². The molecule has 0 aromatic carbocycles. The van der Waals surface area contributed by atoms with E-state index in [2.05, 4.69) is 31.9 Å². The van der Waals surface area contributed by atoms with Crippen LogP contribution in [0.1, 0.15) is 32.5 Å². The highest BCUT2D eigenvalue weighted by atomic mass is 15.3. The summed E-state index contributed by atoms with van der Waals surface area (Å²) in [6.45, 7) is 7.13. The van der Waals surface area contributed by atoms with E-state index in [0.717, 1.165) is 18.7 Å². The third-order valence-electron chi connectivity index (χ3n) is 2.15. The van der Waals surface area contributed by atoms with E-state index in [1.165, 1.54) is 0 Å². The lowest BCUT2D eigenvalue weighted by Gasteiger charge is -2.06. The monoisotopic (exact) mass is 181 g/mol. The fraction of sp³-hybridized carbons (Fsp3) is 0.700. The molecule has 2 N–H and O–H groups in total. The Labute approximate surface area is 79.9 Å². The Balaban J connectivity index is 2.58. The minimum absolute atomic E-state index is 0.446. The summed E-state index contributed by atoms with van der Waals surface area (Å²) in [5.41, 5.74) is 6.70. The van der Waals surface area contributed by atoms with Crippen molar-refractivity contribution in [2.45, 2.75) is 33.2 Å². The van der Waals surface area contributed by atoms with Crippen LogP contribution < -0.4 is 5.73 Å². The third-order valence-corrected chi connectivity index (χ3v) is 2.15. The molecule has 0 bridgehead atoms. The fourth-order valence-corrected chi connectivity index (χ4v) is 1.21. The van der Waals surface area contributed by atoms with Gasteiger partial charge in [-0.15, -0.1) is 0 Å². The van der Waals surface area contributed by atoms with E-state index in [1.54, 1.807) is 0 Å². The lowest BCUT2D eigenvalue weighted by Crippen LogP contribution is -2.13. The van der Waals surface area contributed by atoms with Crippen LogP contribution in [0.2, 0.25) is 0 Å². The minimum atomic E-state index is 0.446. The average molecular weight is 181 g/mol. The van der Waals surface area contributed by atoms with E-state index >= 15 is 0 Å². The molecule has 0 fully saturated rings. The minimum Gasteiger partial charge on any atom is -0.330 e. The average Bonchev–Trinajstić information content (AvgIpc) is 2.52. The molecule has 1 atom stereocenters. The highest BCUT2D eigenvalue weighted by molar-refractivity contribution is 5.00. The zero-order chi connectivity index (χ0) is 9.84. The number of rotatable bonds is 4. The summed E-state index contributed by atoms with van der Waals surface area (Å²) in [5.74, 6) is 0.524. The van der Waals surface area contributed by atoms with Crippen molar-refractivity contribution in [3.63, 3.8) is 0 Å². The lowest BCUT2D eigenvalue weighted by molar-refractivity contribution is 0.513. The van der Waals surface area contributed by atoms with E-state index < -0.39 is 0 Å². The molecule has 74 valence electrons. The molecule has 1 aromatic heterocycles. The van der Waals surface area contributed by atoms with Crippen molar-refractivity contribution in [3.8, 4) is 0 Å². The Hall–Kier alpha value is -0.830. The zero-order valence-electron chi connectivity index (χ0n) is 8.70. The third kappa shape index (κ3) is 2.84. The van der Waals surface area contributed by atoms with Gasteiger partial charge in [0.15, 0.2) is 0 Å². The van der Waals surface area contributed by atoms with Crippen LogP contribution in [0.4, 0.5) is 0 Å². The molecule has 1 aromatic rings. The molecule has 0 saturated carbocycles. The standard InChI is InChI=1S/C10H19N3/c1-8(2)13-5-4-10(12-13)6-9(3)7-11/h4-5,8-9H,6-7,11H2,1-3H3. The van der Waals surface area contributed by atoms with Gasteiger partial charge in [0.25, 0.3) is 0 Å². The molecule has 13 heavy (non-hydrogen) atoms. The molecular weight excluding hydrogens is 162 g/mol. The van der Waals surface area contributed by atoms with Crippen LogP contribution in [0.15, 0.2) is 12.3 Å². The van der Waals surface area contributed by atoms with Gasteiger partial charge in [-0.05, 0) is 38.8 Å². The summed E-state index contributed by atoms with van der Waals surface area (Å²) >= 11 is 0. The molecular formula is C10H19N3. The van der Waals surface area contributed by atoms with Crippen molar-refractivity contribution in [3.05, 3.63) is 18.0 Å². The Morgan fingerprint density at radius 2 is 2.15 bits per heavy atom. The van der Waals surface area contributed by atoms with Gasteiger partial charge in [-0.3, -0.25) is 4.68 Å². The number of nitrogens with two attached hydrogens (primary N) is 1. The Morgan fingerprint density at radius 3 is 2.62 bits per heavy atom. The quantitative estimate of drug-likeness (QED) is 0.766. The highest BCUT2D eigenvalue weighted by Crippen LogP contribution is 2.08. The second-order valence-corrected chi connectivity index (χ2v) is 3.93. The van der Waals surface area contributed by atoms with Crippen molar-refractivity contribution in [1.82, 2.24) is 9.78 Å². The van der Waals surface area contributed by atoms with Gasteiger partial charge in [0, 0.05) is 12.2 Å². The van der Waals surface area contributed by atoms with Crippen molar-refractivity contribution in [2.75, 3.05) is 6.54 Å². The SMILES string of the molecule is CC(CN)Cc1ccn(C(C)C)n1. The van der Waals surface area contributed by atoms with Crippen molar-refractivity contribution in [2.24, 2.45) is 11.7 Å². The van der Waals surface area contributed by atoms with Crippen molar-refractivity contribution >= 4 is 0 Å². The predicted octanol–water partition coefficient (Wildman–Crippen LogP) is 1.60. The smallest absolute Gasteiger partial charge is 0.0627 e. The summed E-state index contributed by atoms with van der Waals surface area (Å²) in [5, 5.41) is 4.46. The molecule has 1 rings (SSSR count). The molecule has 0 amide bonds. The maximum Gasteiger partial charge on any atom is 0.0627 e. The number of hydrogen-bond donors (Lipinski definition) is 1. The number of nitrogens with zero attached hydrogens (tertiary/aromatic N) is 2. The predicted molar refractivity (Wildman–Crippen MR) is 54.5 cm³/mol. The fourth-order valence-electron chi connectivity index (χ4n) is 1.21. The second-order valence-electron chi connectivity index (χ2n) is 3.93. The molecule has 0 saturated heterocycles. The highest BCUT2D eigenvalue weighted by Gasteiger charge is 2.05. The molecule has 1 unspecified atom stereocenters. The van der Waals surface area contributed by atoms with Gasteiger partial charge >= 0.3 is 0 Å². The molecule has 3 nitrogen and oxygen atoms in total. The summed E-state index contributed by atoms with van der Waals surface area (Å²) in [6, 6.07) is 2.52. The van der Waals surface area contributed by atoms with Gasteiger partial charge in [0.05, 0.1) is 5.69 Å². The first-order chi connectivity index (χ1) is 6.13. The maximum atomic E-state index is 5.55. The summed E-state index contributed by atoms with van der Waals surface area (Å²) in [7, 11) is 0. The molecule has 0 radical (unpaired) electrons. The van der Waals surface area contributed by atoms with Crippen molar-refractivity contribution in [1.29, 1.82) is 0 Å². The summed E-state index contributed by atoms with van der Waals surface area (Å²) in [6.07, 6.45) is 3.01. The molecule has 1 heterocycles. The Kier molecular flexibility index (Phi) is 3.48. The van der Waals surface area contributed by atoms with E-state index in [9.17, 15) is 0 Å². The van der Waals surface area contributed by atoms with Gasteiger partial charge < -0.3 is 5.73 Å². The summed E-state index contributed by atoms with van der Waals surface area (Å²) < 4.78 is 1.98. The molecule has 0 aliphatic rings. The van der Waals surface area contributed by atoms with E-state index in [4.69, 9.17) is 5.73 Å². The first kappa shape index (κ1) is 10.3. The number of aromatic nitrogens is 2. The normalized spacial score (nSPS) is 13.6. The van der Waals surface area contributed by atoms with Gasteiger partial charge in [0.1, 0.15) is 0 Å². The largest absolute Gasteiger partial charge is 0.330 e. The van der Waals surface area contributed by atoms with Crippen LogP contribution in [0.25, 0.3) is 0 Å². The Morgan fingerprint density at radius 1 is 1.46 bits per heavy atom. The van der Waals surface area contributed by atoms with Gasteiger partial charge in [-0.25, -0.2) is 0 Å². The van der Waals surface area contributed by atoms with Crippen LogP contribution in [-0.4, -0.2) is 16.3 Å². The number of hydrogen-bond acceptors (Lipinski definition) is 2. The zero-order valence-corrected chi connectivity index (χ0v) is 8.70. The topological polar surface area (TPSA) is 43.8 Å². The van der Waals surface area contributed by atoms with E-state index in [0.29, 0.717) is 12.0 Å². The lowest BCUT2D eigenvalue weighted by atomic mass is 10.1. The van der Waals surface area contributed by atoms with Gasteiger partial charge in [0.2, 0.25) is 0 Å². The van der Waals surface area contributed by atoms with Crippen LogP contribution in [0.3, 0.4) is 0 Å². The van der Waals surface area contributed by atoms with Crippen LogP contribution in [0, 0.1) is 5.92 Å². The van der Waals surface area contributed by atoms with Crippen LogP contribution in [-0.2, 0) is 6.42 Å². The first-order valence-electron chi connectivity index (χ1n) is 4.87.